The maximum atomic E-state index is 11.0. The minimum atomic E-state index is -2.90. The van der Waals surface area contributed by atoms with Crippen molar-refractivity contribution < 1.29 is 13.2 Å². The summed E-state index contributed by atoms with van der Waals surface area (Å²) < 4.78 is 27.0. The van der Waals surface area contributed by atoms with Crippen LogP contribution in [-0.4, -0.2) is 27.5 Å². The van der Waals surface area contributed by atoms with Crippen LogP contribution < -0.4 is 4.74 Å². The van der Waals surface area contributed by atoms with Crippen LogP contribution in [0.15, 0.2) is 24.3 Å². The van der Waals surface area contributed by atoms with Crippen LogP contribution in [0.4, 0.5) is 0 Å². The van der Waals surface area contributed by atoms with Crippen LogP contribution in [0.3, 0.4) is 0 Å². The summed E-state index contributed by atoms with van der Waals surface area (Å²) in [5, 5.41) is 0. The molecular weight excluding hydrogens is 200 g/mol. The van der Waals surface area contributed by atoms with Crippen molar-refractivity contribution in [1.82, 2.24) is 0 Å². The molecule has 0 bridgehead atoms. The highest BCUT2D eigenvalue weighted by atomic mass is 32.2. The summed E-state index contributed by atoms with van der Waals surface area (Å²) in [6, 6.07) is 7.45. The molecule has 1 rings (SSSR count). The maximum absolute atomic E-state index is 11.0. The minimum absolute atomic E-state index is 0.160. The number of aryl methyl sites for hydroxylation is 1. The summed E-state index contributed by atoms with van der Waals surface area (Å²) in [5.74, 6) is 0.907. The molecule has 14 heavy (non-hydrogen) atoms. The molecule has 0 radical (unpaired) electrons. The Morgan fingerprint density at radius 1 is 1.29 bits per heavy atom. The van der Waals surface area contributed by atoms with E-state index in [-0.39, 0.29) is 5.75 Å². The molecule has 0 fully saturated rings. The summed E-state index contributed by atoms with van der Waals surface area (Å²) in [6.45, 7) is 0. The molecule has 78 valence electrons. The molecule has 0 aliphatic rings. The van der Waals surface area contributed by atoms with Gasteiger partial charge in [0.2, 0.25) is 0 Å². The van der Waals surface area contributed by atoms with E-state index in [1.54, 1.807) is 7.11 Å². The van der Waals surface area contributed by atoms with Gasteiger partial charge in [-0.15, -0.1) is 0 Å². The lowest BCUT2D eigenvalue weighted by Crippen LogP contribution is -2.06. The number of hydrogen-bond donors (Lipinski definition) is 0. The molecule has 4 heteroatoms. The standard InChI is InChI=1S/C10H14O3S/c1-13-10-6-4-3-5-9(10)7-8-14(2,11)12/h3-6H,7-8H2,1-2H3. The van der Waals surface area contributed by atoms with Gasteiger partial charge in [-0.1, -0.05) is 18.2 Å². The predicted octanol–water partition coefficient (Wildman–Crippen LogP) is 1.28. The highest BCUT2D eigenvalue weighted by molar-refractivity contribution is 7.90. The molecule has 0 amide bonds. The molecule has 0 heterocycles. The molecule has 1 aromatic rings. The molecule has 0 saturated heterocycles. The Balaban J connectivity index is 2.76. The predicted molar refractivity (Wildman–Crippen MR) is 56.4 cm³/mol. The monoisotopic (exact) mass is 214 g/mol. The van der Waals surface area contributed by atoms with E-state index in [9.17, 15) is 8.42 Å². The summed E-state index contributed by atoms with van der Waals surface area (Å²) in [7, 11) is -1.32. The van der Waals surface area contributed by atoms with Gasteiger partial charge in [0.15, 0.2) is 0 Å². The molecule has 0 aliphatic carbocycles. The van der Waals surface area contributed by atoms with Crippen LogP contribution in [-0.2, 0) is 16.3 Å². The second kappa shape index (κ2) is 4.46. The van der Waals surface area contributed by atoms with Gasteiger partial charge in [0, 0.05) is 6.26 Å². The number of ether oxygens (including phenoxy) is 1. The van der Waals surface area contributed by atoms with Crippen molar-refractivity contribution in [3.05, 3.63) is 29.8 Å². The Morgan fingerprint density at radius 3 is 2.50 bits per heavy atom. The molecule has 3 nitrogen and oxygen atoms in total. The molecule has 1 aromatic carbocycles. The summed E-state index contributed by atoms with van der Waals surface area (Å²) in [4.78, 5) is 0. The van der Waals surface area contributed by atoms with Gasteiger partial charge in [0.1, 0.15) is 15.6 Å². The zero-order valence-corrected chi connectivity index (χ0v) is 9.17. The van der Waals surface area contributed by atoms with E-state index < -0.39 is 9.84 Å². The summed E-state index contributed by atoms with van der Waals surface area (Å²) >= 11 is 0. The topological polar surface area (TPSA) is 43.4 Å². The molecule has 0 N–H and O–H groups in total. The van der Waals surface area contributed by atoms with Crippen molar-refractivity contribution in [2.45, 2.75) is 6.42 Å². The average Bonchev–Trinajstić information content (AvgIpc) is 2.14. The van der Waals surface area contributed by atoms with Gasteiger partial charge in [0.25, 0.3) is 0 Å². The minimum Gasteiger partial charge on any atom is -0.496 e. The fraction of sp³-hybridized carbons (Fsp3) is 0.400. The average molecular weight is 214 g/mol. The molecule has 0 aromatic heterocycles. The van der Waals surface area contributed by atoms with E-state index in [0.717, 1.165) is 11.3 Å². The fourth-order valence-corrected chi connectivity index (χ4v) is 1.80. The second-order valence-electron chi connectivity index (χ2n) is 3.19. The van der Waals surface area contributed by atoms with Crippen molar-refractivity contribution in [2.24, 2.45) is 0 Å². The van der Waals surface area contributed by atoms with Crippen molar-refractivity contribution in [1.29, 1.82) is 0 Å². The molecule has 0 unspecified atom stereocenters. The molecule has 0 spiro atoms. The number of hydrogen-bond acceptors (Lipinski definition) is 3. The Morgan fingerprint density at radius 2 is 1.93 bits per heavy atom. The first-order chi connectivity index (χ1) is 6.53. The van der Waals surface area contributed by atoms with Crippen LogP contribution >= 0.6 is 0 Å². The maximum Gasteiger partial charge on any atom is 0.147 e. The number of sulfone groups is 1. The third kappa shape index (κ3) is 3.38. The third-order valence-corrected chi connectivity index (χ3v) is 2.88. The second-order valence-corrected chi connectivity index (χ2v) is 5.45. The summed E-state index contributed by atoms with van der Waals surface area (Å²) in [5.41, 5.74) is 0.931. The SMILES string of the molecule is COc1ccccc1CCS(C)(=O)=O. The Labute approximate surface area is 84.6 Å². The molecular formula is C10H14O3S. The van der Waals surface area contributed by atoms with E-state index in [4.69, 9.17) is 4.74 Å². The smallest absolute Gasteiger partial charge is 0.147 e. The van der Waals surface area contributed by atoms with E-state index in [0.29, 0.717) is 6.42 Å². The fourth-order valence-electron chi connectivity index (χ4n) is 1.20. The lowest BCUT2D eigenvalue weighted by molar-refractivity contribution is 0.410. The van der Waals surface area contributed by atoms with Gasteiger partial charge in [-0.05, 0) is 18.1 Å². The van der Waals surface area contributed by atoms with Gasteiger partial charge in [-0.2, -0.15) is 0 Å². The largest absolute Gasteiger partial charge is 0.496 e. The van der Waals surface area contributed by atoms with Crippen LogP contribution in [0.1, 0.15) is 5.56 Å². The Hall–Kier alpha value is -1.03. The van der Waals surface area contributed by atoms with Gasteiger partial charge in [-0.3, -0.25) is 0 Å². The van der Waals surface area contributed by atoms with E-state index in [1.807, 2.05) is 24.3 Å². The van der Waals surface area contributed by atoms with Gasteiger partial charge >= 0.3 is 0 Å². The zero-order valence-electron chi connectivity index (χ0n) is 8.36. The van der Waals surface area contributed by atoms with Crippen LogP contribution in [0.2, 0.25) is 0 Å². The summed E-state index contributed by atoms with van der Waals surface area (Å²) in [6.07, 6.45) is 1.74. The van der Waals surface area contributed by atoms with E-state index >= 15 is 0 Å². The lowest BCUT2D eigenvalue weighted by Gasteiger charge is -2.06. The normalized spacial score (nSPS) is 11.3. The van der Waals surface area contributed by atoms with E-state index in [1.165, 1.54) is 6.26 Å². The number of rotatable bonds is 4. The first-order valence-electron chi connectivity index (χ1n) is 4.32. The van der Waals surface area contributed by atoms with Crippen molar-refractivity contribution in [3.63, 3.8) is 0 Å². The van der Waals surface area contributed by atoms with Crippen molar-refractivity contribution in [3.8, 4) is 5.75 Å². The van der Waals surface area contributed by atoms with Gasteiger partial charge < -0.3 is 4.74 Å². The van der Waals surface area contributed by atoms with Crippen molar-refractivity contribution >= 4 is 9.84 Å². The first kappa shape index (κ1) is 11.0. The van der Waals surface area contributed by atoms with E-state index in [2.05, 4.69) is 0 Å². The third-order valence-electron chi connectivity index (χ3n) is 1.93. The van der Waals surface area contributed by atoms with Gasteiger partial charge in [-0.25, -0.2) is 8.42 Å². The number of methoxy groups -OCH3 is 1. The molecule has 0 atom stereocenters. The Bertz CT molecular complexity index is 396. The number of benzene rings is 1. The van der Waals surface area contributed by atoms with Crippen LogP contribution in [0, 0.1) is 0 Å². The number of para-hydroxylation sites is 1. The highest BCUT2D eigenvalue weighted by Gasteiger charge is 2.06. The van der Waals surface area contributed by atoms with Crippen LogP contribution in [0.25, 0.3) is 0 Å². The molecule has 0 saturated carbocycles. The quantitative estimate of drug-likeness (QED) is 0.758. The Kier molecular flexibility index (Phi) is 3.52. The lowest BCUT2D eigenvalue weighted by atomic mass is 10.1. The van der Waals surface area contributed by atoms with Crippen LogP contribution in [0.5, 0.6) is 5.75 Å². The molecule has 0 aliphatic heterocycles. The van der Waals surface area contributed by atoms with Crippen molar-refractivity contribution in [2.75, 3.05) is 19.1 Å². The first-order valence-corrected chi connectivity index (χ1v) is 6.38. The highest BCUT2D eigenvalue weighted by Crippen LogP contribution is 2.17. The zero-order chi connectivity index (χ0) is 10.6. The van der Waals surface area contributed by atoms with Gasteiger partial charge in [0.05, 0.1) is 12.9 Å².